The van der Waals surface area contributed by atoms with Crippen molar-refractivity contribution in [2.45, 2.75) is 225 Å². The molecule has 1 atom stereocenters. The first kappa shape index (κ1) is 45.9. The Hall–Kier alpha value is -1.14. The minimum atomic E-state index is -0.760. The maximum absolute atomic E-state index is 12.1. The highest BCUT2D eigenvalue weighted by Gasteiger charge is 2.16. The van der Waals surface area contributed by atoms with Crippen molar-refractivity contribution in [2.24, 2.45) is 0 Å². The lowest BCUT2D eigenvalue weighted by Gasteiger charge is -2.15. The molecule has 6 heteroatoms. The number of unbranched alkanes of at least 4 members (excludes halogenated alkanes) is 28. The fraction of sp³-hybridized carbons (Fsp3) is 0.951. The number of epoxide rings is 1. The van der Waals surface area contributed by atoms with Gasteiger partial charge in [0.15, 0.2) is 6.10 Å². The van der Waals surface area contributed by atoms with E-state index in [2.05, 4.69) is 18.6 Å². The van der Waals surface area contributed by atoms with Crippen molar-refractivity contribution in [3.63, 3.8) is 0 Å². The summed E-state index contributed by atoms with van der Waals surface area (Å²) in [6.07, 6.45) is 38.7. The topological polar surface area (TPSA) is 85.4 Å². The van der Waals surface area contributed by atoms with E-state index in [0.717, 1.165) is 45.3 Å². The Balaban J connectivity index is 0.00000662. The Bertz CT molecular complexity index is 635. The van der Waals surface area contributed by atoms with Crippen molar-refractivity contribution in [1.29, 1.82) is 0 Å². The summed E-state index contributed by atoms with van der Waals surface area (Å²) in [6, 6.07) is 0. The maximum Gasteiger partial charge on any atom is 0.306 e. The van der Waals surface area contributed by atoms with Crippen LogP contribution in [-0.2, 0) is 23.8 Å². The van der Waals surface area contributed by atoms with E-state index in [-0.39, 0.29) is 25.2 Å². The average molecular weight is 669 g/mol. The van der Waals surface area contributed by atoms with Gasteiger partial charge in [-0.1, -0.05) is 194 Å². The van der Waals surface area contributed by atoms with Gasteiger partial charge in [0.2, 0.25) is 0 Å². The van der Waals surface area contributed by atoms with Gasteiger partial charge in [0.1, 0.15) is 6.61 Å². The molecule has 0 aliphatic carbocycles. The second-order valence-electron chi connectivity index (χ2n) is 14.0. The molecule has 0 radical (unpaired) electrons. The molecule has 0 aromatic carbocycles. The molecule has 0 saturated carbocycles. The van der Waals surface area contributed by atoms with Crippen LogP contribution in [0.5, 0.6) is 0 Å². The summed E-state index contributed by atoms with van der Waals surface area (Å²) in [5.74, 6) is -0.575. The molecule has 1 unspecified atom stereocenters. The molecule has 0 aromatic heterocycles. The van der Waals surface area contributed by atoms with Crippen LogP contribution in [0.1, 0.15) is 219 Å². The van der Waals surface area contributed by atoms with Gasteiger partial charge in [0.05, 0.1) is 19.8 Å². The summed E-state index contributed by atoms with van der Waals surface area (Å²) >= 11 is 0. The van der Waals surface area contributed by atoms with Gasteiger partial charge < -0.3 is 19.3 Å². The SMILES string of the molecule is C1CO1.CCCCCCCCCCCCCCCCCC(=O)OCC(CO)OC(=O)CCCCCCCCCCCCCCCCC. The fourth-order valence-corrected chi connectivity index (χ4v) is 5.91. The number of esters is 2. The Morgan fingerprint density at radius 3 is 1.04 bits per heavy atom. The first-order valence-corrected chi connectivity index (χ1v) is 20.7. The summed E-state index contributed by atoms with van der Waals surface area (Å²) < 4.78 is 15.1. The van der Waals surface area contributed by atoms with Crippen LogP contribution in [0.2, 0.25) is 0 Å². The molecule has 6 nitrogen and oxygen atoms in total. The predicted molar refractivity (Wildman–Crippen MR) is 198 cm³/mol. The molecule has 0 amide bonds. The summed E-state index contributed by atoms with van der Waals surface area (Å²) in [6.45, 7) is 6.16. The number of aliphatic hydroxyl groups is 1. The standard InChI is InChI=1S/C39H76O5.C2H4O/c1-3-5-7-9-11-13-15-17-19-21-23-25-27-29-31-33-38(41)43-36-37(35-40)44-39(42)34-32-30-28-26-24-22-20-18-16-14-12-10-8-6-4-2;1-2-3-1/h37,40H,3-36H2,1-2H3;1-2H2. The molecular weight excluding hydrogens is 588 g/mol. The second-order valence-corrected chi connectivity index (χ2v) is 14.0. The lowest BCUT2D eigenvalue weighted by molar-refractivity contribution is -0.161. The molecule has 47 heavy (non-hydrogen) atoms. The Labute approximate surface area is 292 Å². The van der Waals surface area contributed by atoms with Crippen LogP contribution < -0.4 is 0 Å². The van der Waals surface area contributed by atoms with Gasteiger partial charge in [-0.2, -0.15) is 0 Å². The molecule has 1 saturated heterocycles. The highest BCUT2D eigenvalue weighted by atomic mass is 16.6. The maximum atomic E-state index is 12.1. The molecule has 1 aliphatic rings. The predicted octanol–water partition coefficient (Wildman–Crippen LogP) is 12.0. The molecule has 1 rings (SSSR count). The van der Waals surface area contributed by atoms with Crippen LogP contribution in [0.15, 0.2) is 0 Å². The van der Waals surface area contributed by atoms with Crippen molar-refractivity contribution >= 4 is 11.9 Å². The molecule has 0 aromatic rings. The Morgan fingerprint density at radius 1 is 0.489 bits per heavy atom. The molecule has 0 bridgehead atoms. The Morgan fingerprint density at radius 2 is 0.766 bits per heavy atom. The van der Waals surface area contributed by atoms with Gasteiger partial charge >= 0.3 is 11.9 Å². The third-order valence-electron chi connectivity index (χ3n) is 9.10. The Kier molecular flexibility index (Phi) is 38.3. The minimum Gasteiger partial charge on any atom is -0.462 e. The van der Waals surface area contributed by atoms with Crippen molar-refractivity contribution in [1.82, 2.24) is 0 Å². The summed E-state index contributed by atoms with van der Waals surface area (Å²) in [5.41, 5.74) is 0. The monoisotopic (exact) mass is 669 g/mol. The zero-order chi connectivity index (χ0) is 34.3. The lowest BCUT2D eigenvalue weighted by Crippen LogP contribution is -2.28. The molecule has 1 fully saturated rings. The van der Waals surface area contributed by atoms with Crippen LogP contribution in [0.25, 0.3) is 0 Å². The average Bonchev–Trinajstić information content (AvgIpc) is 3.97. The summed E-state index contributed by atoms with van der Waals surface area (Å²) in [5, 5.41) is 9.54. The van der Waals surface area contributed by atoms with Gasteiger partial charge in [-0.05, 0) is 12.8 Å². The van der Waals surface area contributed by atoms with Crippen LogP contribution >= 0.6 is 0 Å². The lowest BCUT2D eigenvalue weighted by atomic mass is 10.0. The van der Waals surface area contributed by atoms with Crippen molar-refractivity contribution in [3.8, 4) is 0 Å². The van der Waals surface area contributed by atoms with Gasteiger partial charge in [-0.3, -0.25) is 9.59 Å². The van der Waals surface area contributed by atoms with Crippen molar-refractivity contribution in [3.05, 3.63) is 0 Å². The third-order valence-corrected chi connectivity index (χ3v) is 9.10. The summed E-state index contributed by atoms with van der Waals surface area (Å²) in [4.78, 5) is 24.2. The van der Waals surface area contributed by atoms with Crippen molar-refractivity contribution < 1.29 is 28.9 Å². The smallest absolute Gasteiger partial charge is 0.306 e. The van der Waals surface area contributed by atoms with Crippen LogP contribution in [0.4, 0.5) is 0 Å². The summed E-state index contributed by atoms with van der Waals surface area (Å²) in [7, 11) is 0. The van der Waals surface area contributed by atoms with E-state index in [4.69, 9.17) is 9.47 Å². The third kappa shape index (κ3) is 40.9. The number of carbonyl (C=O) groups excluding carboxylic acids is 2. The van der Waals surface area contributed by atoms with Crippen LogP contribution in [0, 0.1) is 0 Å². The van der Waals surface area contributed by atoms with E-state index in [9.17, 15) is 14.7 Å². The molecule has 280 valence electrons. The zero-order valence-electron chi connectivity index (χ0n) is 31.5. The molecule has 0 spiro atoms. The van der Waals surface area contributed by atoms with Crippen LogP contribution in [-0.4, -0.2) is 49.6 Å². The van der Waals surface area contributed by atoms with Gasteiger partial charge in [-0.15, -0.1) is 0 Å². The molecule has 1 N–H and O–H groups in total. The number of aliphatic hydroxyl groups excluding tert-OH is 1. The fourth-order valence-electron chi connectivity index (χ4n) is 5.91. The largest absolute Gasteiger partial charge is 0.462 e. The highest BCUT2D eigenvalue weighted by Crippen LogP contribution is 2.15. The molecule has 1 heterocycles. The number of rotatable bonds is 36. The van der Waals surface area contributed by atoms with Gasteiger partial charge in [0.25, 0.3) is 0 Å². The van der Waals surface area contributed by atoms with Gasteiger partial charge in [0, 0.05) is 12.8 Å². The first-order chi connectivity index (χ1) is 23.1. The first-order valence-electron chi connectivity index (χ1n) is 20.7. The molecular formula is C41H80O6. The normalized spacial score (nSPS) is 12.7. The minimum absolute atomic E-state index is 0.0569. The van der Waals surface area contributed by atoms with E-state index in [1.807, 2.05) is 0 Å². The zero-order valence-corrected chi connectivity index (χ0v) is 31.5. The van der Waals surface area contributed by atoms with Gasteiger partial charge in [-0.25, -0.2) is 0 Å². The van der Waals surface area contributed by atoms with E-state index >= 15 is 0 Å². The van der Waals surface area contributed by atoms with Crippen LogP contribution in [0.3, 0.4) is 0 Å². The van der Waals surface area contributed by atoms with Crippen molar-refractivity contribution in [2.75, 3.05) is 26.4 Å². The number of hydrogen-bond donors (Lipinski definition) is 1. The number of carbonyl (C=O) groups is 2. The number of ether oxygens (including phenoxy) is 3. The van der Waals surface area contributed by atoms with E-state index in [1.54, 1.807) is 0 Å². The number of hydrogen-bond acceptors (Lipinski definition) is 6. The molecule has 1 aliphatic heterocycles. The van der Waals surface area contributed by atoms with E-state index < -0.39 is 6.10 Å². The highest BCUT2D eigenvalue weighted by molar-refractivity contribution is 5.70. The van der Waals surface area contributed by atoms with E-state index in [0.29, 0.717) is 12.8 Å². The van der Waals surface area contributed by atoms with E-state index in [1.165, 1.54) is 161 Å². The second kappa shape index (κ2) is 39.3. The quantitative estimate of drug-likeness (QED) is 0.0406.